The fraction of sp³-hybridized carbons (Fsp3) is 0.500. The largest absolute Gasteiger partial charge is 0.435 e. The number of rotatable bonds is 4. The van der Waals surface area contributed by atoms with Gasteiger partial charge in [-0.05, 0) is 37.0 Å². The molecule has 1 aliphatic rings. The van der Waals surface area contributed by atoms with E-state index in [1.165, 1.54) is 18.2 Å². The third kappa shape index (κ3) is 3.82. The number of piperidine rings is 1. The number of ether oxygens (including phenoxy) is 1. The number of nitrogens with zero attached hydrogens (tertiary/aromatic N) is 1. The first kappa shape index (κ1) is 15.0. The maximum Gasteiger partial charge on any atom is 0.387 e. The number of likely N-dealkylation sites (tertiary alicyclic amines) is 1. The molecule has 20 heavy (non-hydrogen) atoms. The monoisotopic (exact) mass is 303 g/mol. The summed E-state index contributed by atoms with van der Waals surface area (Å²) in [5.41, 5.74) is 0.368. The van der Waals surface area contributed by atoms with E-state index < -0.39 is 6.61 Å². The summed E-state index contributed by atoms with van der Waals surface area (Å²) in [6, 6.07) is 5.90. The minimum Gasteiger partial charge on any atom is -0.435 e. The topological polar surface area (TPSA) is 29.5 Å². The highest BCUT2D eigenvalue weighted by atomic mass is 35.5. The van der Waals surface area contributed by atoms with Crippen molar-refractivity contribution in [3.8, 4) is 5.75 Å². The average molecular weight is 304 g/mol. The Labute approximate surface area is 121 Å². The molecule has 0 saturated carbocycles. The molecule has 1 aromatic rings. The molecule has 0 radical (unpaired) electrons. The summed E-state index contributed by atoms with van der Waals surface area (Å²) in [6.07, 6.45) is 1.75. The van der Waals surface area contributed by atoms with Gasteiger partial charge in [0.25, 0.3) is 5.91 Å². The van der Waals surface area contributed by atoms with Crippen LogP contribution in [0, 0.1) is 5.92 Å². The molecule has 110 valence electrons. The second-order valence-corrected chi connectivity index (χ2v) is 5.10. The van der Waals surface area contributed by atoms with E-state index in [1.54, 1.807) is 11.0 Å². The van der Waals surface area contributed by atoms with Crippen LogP contribution in [-0.4, -0.2) is 36.4 Å². The van der Waals surface area contributed by atoms with E-state index in [-0.39, 0.29) is 11.7 Å². The number of halogens is 3. The third-order valence-electron chi connectivity index (χ3n) is 3.43. The zero-order chi connectivity index (χ0) is 14.5. The summed E-state index contributed by atoms with van der Waals surface area (Å²) in [5, 5.41) is 0. The summed E-state index contributed by atoms with van der Waals surface area (Å²) in [5.74, 6) is 0.910. The summed E-state index contributed by atoms with van der Waals surface area (Å²) in [6.45, 7) is -1.59. The van der Waals surface area contributed by atoms with Gasteiger partial charge >= 0.3 is 6.61 Å². The number of carbonyl (C=O) groups excluding carboxylic acids is 1. The zero-order valence-corrected chi connectivity index (χ0v) is 11.7. The van der Waals surface area contributed by atoms with Crippen LogP contribution in [0.15, 0.2) is 24.3 Å². The Morgan fingerprint density at radius 1 is 1.40 bits per heavy atom. The van der Waals surface area contributed by atoms with Crippen LogP contribution in [-0.2, 0) is 0 Å². The van der Waals surface area contributed by atoms with Crippen LogP contribution in [0.2, 0.25) is 0 Å². The minimum atomic E-state index is -2.89. The van der Waals surface area contributed by atoms with Gasteiger partial charge in [-0.1, -0.05) is 6.07 Å². The van der Waals surface area contributed by atoms with E-state index in [0.29, 0.717) is 30.5 Å². The van der Waals surface area contributed by atoms with Crippen molar-refractivity contribution in [3.05, 3.63) is 29.8 Å². The van der Waals surface area contributed by atoms with Crippen LogP contribution in [0.3, 0.4) is 0 Å². The Kier molecular flexibility index (Phi) is 5.17. The maximum atomic E-state index is 12.3. The van der Waals surface area contributed by atoms with Crippen LogP contribution < -0.4 is 4.74 Å². The molecule has 1 saturated heterocycles. The van der Waals surface area contributed by atoms with E-state index >= 15 is 0 Å². The minimum absolute atomic E-state index is 0.00138. The van der Waals surface area contributed by atoms with E-state index in [9.17, 15) is 13.6 Å². The van der Waals surface area contributed by atoms with Gasteiger partial charge < -0.3 is 9.64 Å². The predicted molar refractivity (Wildman–Crippen MR) is 72.4 cm³/mol. The molecule has 1 amide bonds. The SMILES string of the molecule is O=C(c1cccc(OC(F)F)c1)N1CCC(CCl)CC1. The number of hydrogen-bond donors (Lipinski definition) is 0. The molecular formula is C14H16ClF2NO2. The van der Waals surface area contributed by atoms with E-state index in [4.69, 9.17) is 11.6 Å². The molecule has 0 bridgehead atoms. The number of carbonyl (C=O) groups is 1. The number of amides is 1. The molecule has 2 rings (SSSR count). The first-order valence-electron chi connectivity index (χ1n) is 6.50. The molecule has 1 fully saturated rings. The summed E-state index contributed by atoms with van der Waals surface area (Å²) >= 11 is 5.80. The molecule has 0 atom stereocenters. The second kappa shape index (κ2) is 6.88. The van der Waals surface area contributed by atoms with Gasteiger partial charge in [-0.2, -0.15) is 8.78 Å². The highest BCUT2D eigenvalue weighted by molar-refractivity contribution is 6.18. The van der Waals surface area contributed by atoms with Crippen LogP contribution in [0.5, 0.6) is 5.75 Å². The van der Waals surface area contributed by atoms with Gasteiger partial charge in [-0.25, -0.2) is 0 Å². The quantitative estimate of drug-likeness (QED) is 0.798. The summed E-state index contributed by atoms with van der Waals surface area (Å²) in [4.78, 5) is 14.0. The van der Waals surface area contributed by atoms with Crippen LogP contribution in [0.25, 0.3) is 0 Å². The maximum absolute atomic E-state index is 12.3. The normalized spacial score (nSPS) is 16.5. The molecular weight excluding hydrogens is 288 g/mol. The molecule has 3 nitrogen and oxygen atoms in total. The van der Waals surface area contributed by atoms with Gasteiger partial charge in [-0.15, -0.1) is 11.6 Å². The number of alkyl halides is 3. The van der Waals surface area contributed by atoms with Crippen molar-refractivity contribution in [1.82, 2.24) is 4.90 Å². The van der Waals surface area contributed by atoms with Gasteiger partial charge in [0.15, 0.2) is 0 Å². The van der Waals surface area contributed by atoms with Crippen LogP contribution >= 0.6 is 11.6 Å². The lowest BCUT2D eigenvalue weighted by molar-refractivity contribution is -0.0499. The van der Waals surface area contributed by atoms with Crippen LogP contribution in [0.1, 0.15) is 23.2 Å². The fourth-order valence-electron chi connectivity index (χ4n) is 2.28. The molecule has 0 N–H and O–H groups in total. The van der Waals surface area contributed by atoms with Crippen molar-refractivity contribution in [2.75, 3.05) is 19.0 Å². The van der Waals surface area contributed by atoms with Gasteiger partial charge in [0.2, 0.25) is 0 Å². The van der Waals surface area contributed by atoms with Crippen molar-refractivity contribution in [2.45, 2.75) is 19.5 Å². The van der Waals surface area contributed by atoms with Gasteiger partial charge in [0, 0.05) is 24.5 Å². The van der Waals surface area contributed by atoms with E-state index in [1.807, 2.05) is 0 Å². The molecule has 1 aliphatic heterocycles. The Morgan fingerprint density at radius 3 is 2.70 bits per heavy atom. The second-order valence-electron chi connectivity index (χ2n) is 4.80. The molecule has 0 aliphatic carbocycles. The molecule has 0 aromatic heterocycles. The summed E-state index contributed by atoms with van der Waals surface area (Å²) < 4.78 is 28.6. The highest BCUT2D eigenvalue weighted by Gasteiger charge is 2.23. The lowest BCUT2D eigenvalue weighted by Crippen LogP contribution is -2.38. The average Bonchev–Trinajstić information content (AvgIpc) is 2.46. The smallest absolute Gasteiger partial charge is 0.387 e. The van der Waals surface area contributed by atoms with Crippen molar-refractivity contribution in [3.63, 3.8) is 0 Å². The Bertz CT molecular complexity index is 462. The van der Waals surface area contributed by atoms with Gasteiger partial charge in [0.05, 0.1) is 0 Å². The molecule has 1 heterocycles. The fourth-order valence-corrected chi connectivity index (χ4v) is 2.59. The number of benzene rings is 1. The lowest BCUT2D eigenvalue weighted by Gasteiger charge is -2.31. The van der Waals surface area contributed by atoms with Crippen molar-refractivity contribution >= 4 is 17.5 Å². The summed E-state index contributed by atoms with van der Waals surface area (Å²) in [7, 11) is 0. The zero-order valence-electron chi connectivity index (χ0n) is 10.9. The van der Waals surface area contributed by atoms with E-state index in [2.05, 4.69) is 4.74 Å². The first-order chi connectivity index (χ1) is 9.60. The molecule has 0 spiro atoms. The highest BCUT2D eigenvalue weighted by Crippen LogP contribution is 2.22. The standard InChI is InChI=1S/C14H16ClF2NO2/c15-9-10-4-6-18(7-5-10)13(19)11-2-1-3-12(8-11)20-14(16)17/h1-3,8,10,14H,4-7,9H2. The van der Waals surface area contributed by atoms with Crippen molar-refractivity contribution in [2.24, 2.45) is 5.92 Å². The predicted octanol–water partition coefficient (Wildman–Crippen LogP) is 3.38. The lowest BCUT2D eigenvalue weighted by atomic mass is 9.98. The molecule has 0 unspecified atom stereocenters. The van der Waals surface area contributed by atoms with E-state index in [0.717, 1.165) is 12.8 Å². The third-order valence-corrected chi connectivity index (χ3v) is 3.86. The van der Waals surface area contributed by atoms with Crippen molar-refractivity contribution < 1.29 is 18.3 Å². The molecule has 6 heteroatoms. The van der Waals surface area contributed by atoms with Crippen molar-refractivity contribution in [1.29, 1.82) is 0 Å². The first-order valence-corrected chi connectivity index (χ1v) is 7.03. The Balaban J connectivity index is 2.02. The van der Waals surface area contributed by atoms with Gasteiger partial charge in [0.1, 0.15) is 5.75 Å². The Morgan fingerprint density at radius 2 is 2.10 bits per heavy atom. The number of hydrogen-bond acceptors (Lipinski definition) is 2. The molecule has 1 aromatic carbocycles. The Hall–Kier alpha value is -1.36. The van der Waals surface area contributed by atoms with Gasteiger partial charge in [-0.3, -0.25) is 4.79 Å². The van der Waals surface area contributed by atoms with Crippen LogP contribution in [0.4, 0.5) is 8.78 Å².